The molecule has 1 aromatic carbocycles. The van der Waals surface area contributed by atoms with Crippen LogP contribution in [0.25, 0.3) is 0 Å². The van der Waals surface area contributed by atoms with E-state index in [1.807, 2.05) is 71.5 Å². The Balaban J connectivity index is 1.80. The van der Waals surface area contributed by atoms with E-state index in [9.17, 15) is 9.90 Å². The Labute approximate surface area is 155 Å². The molecule has 3 rings (SSSR count). The summed E-state index contributed by atoms with van der Waals surface area (Å²) in [7, 11) is 3.87. The number of hydrogen-bond donors (Lipinski definition) is 2. The standard InChI is InChI=1S/C19H20N2O2S2/c1-21(2)16-6-3-5-14(11-16)18(22)20-13-19(23,15-8-10-24-12-15)17-7-4-9-25-17/h3-12,23H,13H2,1-2H3,(H,20,22)/t19-/m1/s1. The Bertz CT molecular complexity index is 793. The summed E-state index contributed by atoms with van der Waals surface area (Å²) in [5.74, 6) is -0.200. The van der Waals surface area contributed by atoms with Crippen LogP contribution in [0.2, 0.25) is 0 Å². The molecule has 0 aliphatic rings. The molecular weight excluding hydrogens is 352 g/mol. The third kappa shape index (κ3) is 3.76. The van der Waals surface area contributed by atoms with E-state index < -0.39 is 5.60 Å². The molecule has 0 aliphatic heterocycles. The zero-order valence-corrected chi connectivity index (χ0v) is 15.7. The zero-order valence-electron chi connectivity index (χ0n) is 14.1. The van der Waals surface area contributed by atoms with Gasteiger partial charge in [0.1, 0.15) is 5.60 Å². The fraction of sp³-hybridized carbons (Fsp3) is 0.211. The minimum absolute atomic E-state index is 0.120. The average molecular weight is 373 g/mol. The number of thiophene rings is 2. The number of amides is 1. The number of nitrogens with zero attached hydrogens (tertiary/aromatic N) is 1. The first kappa shape index (κ1) is 17.7. The van der Waals surface area contributed by atoms with E-state index in [-0.39, 0.29) is 12.5 Å². The van der Waals surface area contributed by atoms with E-state index in [0.717, 1.165) is 16.1 Å². The number of carbonyl (C=O) groups excluding carboxylic acids is 1. The van der Waals surface area contributed by atoms with Crippen LogP contribution in [0.3, 0.4) is 0 Å². The predicted molar refractivity (Wildman–Crippen MR) is 105 cm³/mol. The Kier molecular flexibility index (Phi) is 5.22. The second kappa shape index (κ2) is 7.39. The SMILES string of the molecule is CN(C)c1cccc(C(=O)NC[C@@](O)(c2ccsc2)c2cccs2)c1. The Morgan fingerprint density at radius 3 is 2.68 bits per heavy atom. The molecule has 0 saturated carbocycles. The molecule has 130 valence electrons. The minimum atomic E-state index is -1.22. The summed E-state index contributed by atoms with van der Waals surface area (Å²) >= 11 is 3.00. The molecule has 3 aromatic rings. The van der Waals surface area contributed by atoms with Gasteiger partial charge < -0.3 is 15.3 Å². The third-order valence-corrected chi connectivity index (χ3v) is 5.76. The molecule has 0 fully saturated rings. The summed E-state index contributed by atoms with van der Waals surface area (Å²) in [4.78, 5) is 15.3. The van der Waals surface area contributed by atoms with Crippen molar-refractivity contribution in [2.24, 2.45) is 0 Å². The fourth-order valence-electron chi connectivity index (χ4n) is 2.58. The third-order valence-electron chi connectivity index (χ3n) is 4.06. The molecule has 0 bridgehead atoms. The van der Waals surface area contributed by atoms with Gasteiger partial charge in [-0.2, -0.15) is 11.3 Å². The highest BCUT2D eigenvalue weighted by Crippen LogP contribution is 2.33. The monoisotopic (exact) mass is 372 g/mol. The van der Waals surface area contributed by atoms with Gasteiger partial charge in [0.25, 0.3) is 5.91 Å². The number of rotatable bonds is 6. The second-order valence-electron chi connectivity index (χ2n) is 5.98. The Morgan fingerprint density at radius 2 is 2.04 bits per heavy atom. The lowest BCUT2D eigenvalue weighted by Crippen LogP contribution is -2.41. The number of anilines is 1. The maximum absolute atomic E-state index is 12.6. The van der Waals surface area contributed by atoms with Gasteiger partial charge in [0.15, 0.2) is 0 Å². The van der Waals surface area contributed by atoms with E-state index >= 15 is 0 Å². The van der Waals surface area contributed by atoms with E-state index in [1.54, 1.807) is 6.07 Å². The van der Waals surface area contributed by atoms with Gasteiger partial charge in [0.05, 0.1) is 6.54 Å². The van der Waals surface area contributed by atoms with Crippen LogP contribution in [0.1, 0.15) is 20.8 Å². The highest BCUT2D eigenvalue weighted by Gasteiger charge is 2.33. The van der Waals surface area contributed by atoms with Crippen LogP contribution in [0.15, 0.2) is 58.6 Å². The summed E-state index contributed by atoms with van der Waals surface area (Å²) in [6.07, 6.45) is 0. The molecule has 2 aromatic heterocycles. The Hall–Kier alpha value is -2.15. The number of carbonyl (C=O) groups is 1. The van der Waals surface area contributed by atoms with Crippen molar-refractivity contribution in [2.75, 3.05) is 25.5 Å². The topological polar surface area (TPSA) is 52.6 Å². The molecule has 2 N–H and O–H groups in total. The highest BCUT2D eigenvalue weighted by molar-refractivity contribution is 7.10. The molecule has 0 unspecified atom stereocenters. The van der Waals surface area contributed by atoms with Crippen LogP contribution >= 0.6 is 22.7 Å². The van der Waals surface area contributed by atoms with Crippen LogP contribution in [-0.2, 0) is 5.60 Å². The van der Waals surface area contributed by atoms with Crippen LogP contribution in [0.5, 0.6) is 0 Å². The highest BCUT2D eigenvalue weighted by atomic mass is 32.1. The molecule has 2 heterocycles. The summed E-state index contributed by atoms with van der Waals surface area (Å²) in [6.45, 7) is 0.120. The largest absolute Gasteiger partial charge is 0.378 e. The van der Waals surface area contributed by atoms with Crippen molar-refractivity contribution in [3.63, 3.8) is 0 Å². The van der Waals surface area contributed by atoms with Crippen LogP contribution in [-0.4, -0.2) is 31.7 Å². The molecule has 1 atom stereocenters. The number of aliphatic hydroxyl groups is 1. The number of hydrogen-bond acceptors (Lipinski definition) is 5. The van der Waals surface area contributed by atoms with Crippen molar-refractivity contribution in [1.29, 1.82) is 0 Å². The van der Waals surface area contributed by atoms with Gasteiger partial charge in [-0.25, -0.2) is 0 Å². The lowest BCUT2D eigenvalue weighted by atomic mass is 9.94. The van der Waals surface area contributed by atoms with Gasteiger partial charge in [-0.1, -0.05) is 12.1 Å². The van der Waals surface area contributed by atoms with Crippen molar-refractivity contribution in [2.45, 2.75) is 5.60 Å². The van der Waals surface area contributed by atoms with Crippen molar-refractivity contribution in [1.82, 2.24) is 5.32 Å². The molecule has 6 heteroatoms. The molecule has 0 aliphatic carbocycles. The molecule has 0 spiro atoms. The van der Waals surface area contributed by atoms with Gasteiger partial charge >= 0.3 is 0 Å². The van der Waals surface area contributed by atoms with Gasteiger partial charge in [-0.05, 0) is 46.5 Å². The summed E-state index contributed by atoms with van der Waals surface area (Å²) in [5, 5.41) is 19.9. The molecule has 25 heavy (non-hydrogen) atoms. The predicted octanol–water partition coefficient (Wildman–Crippen LogP) is 3.54. The molecule has 0 saturated heterocycles. The summed E-state index contributed by atoms with van der Waals surface area (Å²) < 4.78 is 0. The zero-order chi connectivity index (χ0) is 17.9. The van der Waals surface area contributed by atoms with Gasteiger partial charge in [0, 0.05) is 35.8 Å². The minimum Gasteiger partial charge on any atom is -0.378 e. The lowest BCUT2D eigenvalue weighted by molar-refractivity contribution is 0.0721. The van der Waals surface area contributed by atoms with Gasteiger partial charge in [0.2, 0.25) is 0 Å². The van der Waals surface area contributed by atoms with Gasteiger partial charge in [-0.15, -0.1) is 11.3 Å². The summed E-state index contributed by atoms with van der Waals surface area (Å²) in [6, 6.07) is 13.1. The van der Waals surface area contributed by atoms with Gasteiger partial charge in [-0.3, -0.25) is 4.79 Å². The smallest absolute Gasteiger partial charge is 0.251 e. The van der Waals surface area contributed by atoms with E-state index in [0.29, 0.717) is 5.56 Å². The number of nitrogens with one attached hydrogen (secondary N) is 1. The maximum Gasteiger partial charge on any atom is 0.251 e. The van der Waals surface area contributed by atoms with Crippen molar-refractivity contribution in [3.8, 4) is 0 Å². The maximum atomic E-state index is 12.6. The normalized spacial score (nSPS) is 13.2. The molecular formula is C19H20N2O2S2. The molecule has 4 nitrogen and oxygen atoms in total. The van der Waals surface area contributed by atoms with Crippen molar-refractivity contribution in [3.05, 3.63) is 74.6 Å². The first-order valence-electron chi connectivity index (χ1n) is 7.85. The van der Waals surface area contributed by atoms with Crippen LogP contribution in [0, 0.1) is 0 Å². The first-order valence-corrected chi connectivity index (χ1v) is 9.67. The Morgan fingerprint density at radius 1 is 1.20 bits per heavy atom. The lowest BCUT2D eigenvalue weighted by Gasteiger charge is -2.27. The van der Waals surface area contributed by atoms with E-state index in [4.69, 9.17) is 0 Å². The van der Waals surface area contributed by atoms with E-state index in [2.05, 4.69) is 5.32 Å². The number of benzene rings is 1. The van der Waals surface area contributed by atoms with Crippen LogP contribution < -0.4 is 10.2 Å². The van der Waals surface area contributed by atoms with Crippen molar-refractivity contribution >= 4 is 34.3 Å². The van der Waals surface area contributed by atoms with E-state index in [1.165, 1.54) is 22.7 Å². The average Bonchev–Trinajstić information content (AvgIpc) is 3.33. The first-order chi connectivity index (χ1) is 12.0. The second-order valence-corrected chi connectivity index (χ2v) is 7.70. The van der Waals surface area contributed by atoms with Crippen molar-refractivity contribution < 1.29 is 9.90 Å². The van der Waals surface area contributed by atoms with Crippen LogP contribution in [0.4, 0.5) is 5.69 Å². The fourth-order valence-corrected chi connectivity index (χ4v) is 4.15. The summed E-state index contributed by atoms with van der Waals surface area (Å²) in [5.41, 5.74) is 1.11. The quantitative estimate of drug-likeness (QED) is 0.696. The molecule has 1 amide bonds. The molecule has 0 radical (unpaired) electrons.